The van der Waals surface area contributed by atoms with Crippen LogP contribution in [-0.4, -0.2) is 194 Å². The number of hydrogen-bond donors (Lipinski definition) is 0. The van der Waals surface area contributed by atoms with Crippen LogP contribution in [0.1, 0.15) is 83.2 Å². The lowest BCUT2D eigenvalue weighted by Crippen LogP contribution is -2.36. The maximum absolute atomic E-state index is 13.1. The first-order valence-corrected chi connectivity index (χ1v) is 37.6. The Bertz CT molecular complexity index is 4510. The molecular formula is C85H95Cl2N3O20. The van der Waals surface area contributed by atoms with Crippen molar-refractivity contribution in [1.82, 2.24) is 14.7 Å². The number of fused-ring (bicyclic) bond motifs is 8. The van der Waals surface area contributed by atoms with Crippen molar-refractivity contribution in [1.29, 1.82) is 0 Å². The molecule has 17 rings (SSSR count). The molecule has 584 valence electrons. The van der Waals surface area contributed by atoms with Gasteiger partial charge in [0.2, 0.25) is 20.4 Å². The number of benzene rings is 9. The van der Waals surface area contributed by atoms with Crippen molar-refractivity contribution in [3.63, 3.8) is 0 Å². The van der Waals surface area contributed by atoms with Gasteiger partial charge in [0.1, 0.15) is 30.5 Å². The molecule has 0 spiro atoms. The van der Waals surface area contributed by atoms with Crippen LogP contribution in [0.5, 0.6) is 74.7 Å². The van der Waals surface area contributed by atoms with E-state index in [0.29, 0.717) is 88.6 Å². The van der Waals surface area contributed by atoms with E-state index in [0.717, 1.165) is 214 Å². The first kappa shape index (κ1) is 78.6. The predicted molar refractivity (Wildman–Crippen MR) is 421 cm³/mol. The number of cyclic esters (lactones) is 2. The normalized spacial score (nSPS) is 16.0. The molecule has 8 heterocycles. The Kier molecular flexibility index (Phi) is 26.7. The predicted octanol–water partition coefficient (Wildman–Crippen LogP) is 15.2. The number of unbranched alkanes of at least 4 members (excludes halogenated alkanes) is 5. The number of rotatable bonds is 27. The van der Waals surface area contributed by atoms with E-state index in [1.807, 2.05) is 66.7 Å². The van der Waals surface area contributed by atoms with E-state index in [1.54, 1.807) is 28.4 Å². The van der Waals surface area contributed by atoms with Crippen LogP contribution in [0.3, 0.4) is 0 Å². The minimum atomic E-state index is -0.374. The van der Waals surface area contributed by atoms with Crippen molar-refractivity contribution in [3.8, 4) is 108 Å². The van der Waals surface area contributed by atoms with E-state index in [2.05, 4.69) is 63.2 Å². The second-order valence-corrected chi connectivity index (χ2v) is 27.4. The highest BCUT2D eigenvalue weighted by Crippen LogP contribution is 2.52. The van der Waals surface area contributed by atoms with Gasteiger partial charge in [0.05, 0.1) is 99.0 Å². The molecule has 0 N–H and O–H groups in total. The molecule has 3 saturated heterocycles. The molecule has 25 heteroatoms. The standard InChI is InChI=1S/2C29H31NO8.C27H31NO4.2ClH/c2*1-32-23-14-19-20(15-24(23)33-2)28(35-10-4-3-7-30-8-11-34-12-9-30)21-16-36-29(31)27(21)26(19)18-5-6-22-25(13-18)38-17-37-22;1(5-13-28-14-17-29-18-15-28)2-6-16-30-25-12-10-22(23-7-3-4-8-24(23)25)21-9-11-26-27(19-21)32-20-31-26;;/h2*5-6,13-15H,3-4,7-12,16-17H2,1-2H3;3-4,7-12,19H,1-2,5-6,13-18,20H2;2*1H. The van der Waals surface area contributed by atoms with E-state index >= 15 is 0 Å². The van der Waals surface area contributed by atoms with Crippen LogP contribution in [0.25, 0.3) is 65.7 Å². The highest BCUT2D eigenvalue weighted by Gasteiger charge is 2.36. The third kappa shape index (κ3) is 17.4. The lowest BCUT2D eigenvalue weighted by molar-refractivity contribution is 0.0367. The molecule has 0 radical (unpaired) electrons. The van der Waals surface area contributed by atoms with Gasteiger partial charge >= 0.3 is 11.9 Å². The van der Waals surface area contributed by atoms with Crippen LogP contribution in [-0.2, 0) is 36.9 Å². The van der Waals surface area contributed by atoms with Crippen molar-refractivity contribution >= 4 is 69.1 Å². The number of esters is 2. The highest BCUT2D eigenvalue weighted by molar-refractivity contribution is 6.15. The molecule has 0 amide bonds. The van der Waals surface area contributed by atoms with Gasteiger partial charge in [0.15, 0.2) is 57.5 Å². The molecule has 23 nitrogen and oxygen atoms in total. The monoisotopic (exact) mass is 1550 g/mol. The molecule has 0 saturated carbocycles. The molecule has 0 aliphatic carbocycles. The quantitative estimate of drug-likeness (QED) is 0.0346. The van der Waals surface area contributed by atoms with E-state index in [4.69, 9.17) is 85.3 Å². The number of carbonyl (C=O) groups excluding carboxylic acids is 2. The first-order valence-electron chi connectivity index (χ1n) is 37.6. The summed E-state index contributed by atoms with van der Waals surface area (Å²) in [7, 11) is 6.40. The van der Waals surface area contributed by atoms with Gasteiger partial charge < -0.3 is 85.3 Å². The Morgan fingerprint density at radius 3 is 1.13 bits per heavy atom. The lowest BCUT2D eigenvalue weighted by Gasteiger charge is -2.26. The zero-order chi connectivity index (χ0) is 73.7. The Labute approximate surface area is 652 Å². The fourth-order valence-electron chi connectivity index (χ4n) is 15.2. The van der Waals surface area contributed by atoms with Gasteiger partial charge in [0, 0.05) is 77.7 Å². The van der Waals surface area contributed by atoms with Crippen LogP contribution in [0.2, 0.25) is 0 Å². The molecule has 0 aromatic heterocycles. The number of carbonyl (C=O) groups is 2. The van der Waals surface area contributed by atoms with Crippen LogP contribution < -0.4 is 61.6 Å². The van der Waals surface area contributed by atoms with E-state index in [-0.39, 0.29) is 63.6 Å². The zero-order valence-corrected chi connectivity index (χ0v) is 64.3. The Morgan fingerprint density at radius 2 is 0.691 bits per heavy atom. The van der Waals surface area contributed by atoms with Crippen molar-refractivity contribution in [2.24, 2.45) is 0 Å². The Morgan fingerprint density at radius 1 is 0.327 bits per heavy atom. The minimum absolute atomic E-state index is 0. The number of nitrogens with zero attached hydrogens (tertiary/aromatic N) is 3. The third-order valence-corrected chi connectivity index (χ3v) is 20.9. The second-order valence-electron chi connectivity index (χ2n) is 27.4. The maximum atomic E-state index is 13.1. The fourth-order valence-corrected chi connectivity index (χ4v) is 15.2. The molecular weight excluding hydrogens is 1450 g/mol. The van der Waals surface area contributed by atoms with Crippen LogP contribution in [0.4, 0.5) is 0 Å². The Balaban J connectivity index is 0.000000144. The molecule has 9 aromatic rings. The van der Waals surface area contributed by atoms with Crippen molar-refractivity contribution < 1.29 is 94.9 Å². The number of ether oxygens (including phenoxy) is 18. The van der Waals surface area contributed by atoms with Gasteiger partial charge in [0.25, 0.3) is 0 Å². The summed E-state index contributed by atoms with van der Waals surface area (Å²) in [6, 6.07) is 37.8. The van der Waals surface area contributed by atoms with E-state index in [1.165, 1.54) is 36.8 Å². The first-order chi connectivity index (χ1) is 53.2. The number of hydrogen-bond acceptors (Lipinski definition) is 23. The minimum Gasteiger partial charge on any atom is -0.493 e. The largest absolute Gasteiger partial charge is 0.493 e. The van der Waals surface area contributed by atoms with Gasteiger partial charge in [-0.2, -0.15) is 0 Å². The summed E-state index contributed by atoms with van der Waals surface area (Å²) < 4.78 is 102. The second kappa shape index (κ2) is 37.4. The molecule has 0 unspecified atom stereocenters. The van der Waals surface area contributed by atoms with Gasteiger partial charge in [-0.3, -0.25) is 14.7 Å². The molecule has 0 atom stereocenters. The van der Waals surface area contributed by atoms with Crippen LogP contribution in [0, 0.1) is 0 Å². The van der Waals surface area contributed by atoms with Gasteiger partial charge in [-0.1, -0.05) is 61.4 Å². The summed E-state index contributed by atoms with van der Waals surface area (Å²) in [4.78, 5) is 33.6. The lowest BCUT2D eigenvalue weighted by atomic mass is 9.89. The Hall–Kier alpha value is -9.56. The van der Waals surface area contributed by atoms with Gasteiger partial charge in [-0.05, 0) is 163 Å². The number of morpholine rings is 3. The summed E-state index contributed by atoms with van der Waals surface area (Å²) in [5.74, 6) is 8.03. The van der Waals surface area contributed by atoms with E-state index in [9.17, 15) is 9.59 Å². The van der Waals surface area contributed by atoms with Crippen molar-refractivity contribution in [2.75, 3.05) is 167 Å². The topological polar surface area (TPSA) is 210 Å². The highest BCUT2D eigenvalue weighted by atomic mass is 35.5. The number of halogens is 2. The molecule has 0 bridgehead atoms. The van der Waals surface area contributed by atoms with Crippen LogP contribution in [0.15, 0.2) is 115 Å². The SMILES string of the molecule is COc1cc2c(OCCCCN3CCOCC3)c3c(c(-c4ccc5c(c4)OCO5)c2cc1OC)C(=O)OC3.COc1cc2c(OCCCCN3CCOCC3)c3c(c(-c4ccc5c(c4)OCO5)c2cc1OC)C(=O)OC3.Cl.Cl.c1ccc2c(-c3ccc4c(c3)OCO4)ccc(OCCCCCCN3CCOCC3)c2c1. The van der Waals surface area contributed by atoms with Gasteiger partial charge in [-0.25, -0.2) is 9.59 Å². The smallest absolute Gasteiger partial charge is 0.339 e. The van der Waals surface area contributed by atoms with Gasteiger partial charge in [-0.15, -0.1) is 24.8 Å². The molecule has 8 aliphatic rings. The summed E-state index contributed by atoms with van der Waals surface area (Å²) in [5, 5.41) is 5.62. The molecule has 9 aromatic carbocycles. The maximum Gasteiger partial charge on any atom is 0.339 e. The van der Waals surface area contributed by atoms with E-state index < -0.39 is 0 Å². The summed E-state index contributed by atoms with van der Waals surface area (Å²) in [6.45, 7) is 17.0. The average Bonchev–Trinajstić information content (AvgIpc) is 1.42. The summed E-state index contributed by atoms with van der Waals surface area (Å²) >= 11 is 0. The average molecular weight is 1550 g/mol. The molecule has 110 heavy (non-hydrogen) atoms. The molecule has 3 fully saturated rings. The summed E-state index contributed by atoms with van der Waals surface area (Å²) in [6.07, 6.45) is 8.61. The third-order valence-electron chi connectivity index (χ3n) is 20.9. The zero-order valence-electron chi connectivity index (χ0n) is 62.7. The molecule has 8 aliphatic heterocycles. The number of methoxy groups -OCH3 is 4. The fraction of sp³-hybridized carbons (Fsp3) is 0.412. The van der Waals surface area contributed by atoms with Crippen LogP contribution >= 0.6 is 24.8 Å². The van der Waals surface area contributed by atoms with Crippen molar-refractivity contribution in [3.05, 3.63) is 138 Å². The summed E-state index contributed by atoms with van der Waals surface area (Å²) in [5.41, 5.74) is 7.93. The van der Waals surface area contributed by atoms with Crippen molar-refractivity contribution in [2.45, 2.75) is 64.6 Å².